The van der Waals surface area contributed by atoms with Gasteiger partial charge in [-0.05, 0) is 60.1 Å². The molecule has 1 saturated carbocycles. The van der Waals surface area contributed by atoms with E-state index in [0.29, 0.717) is 6.42 Å². The number of rotatable bonds is 8. The first kappa shape index (κ1) is 45.4. The predicted molar refractivity (Wildman–Crippen MR) is 199 cm³/mol. The minimum atomic E-state index is -2.05. The maximum atomic E-state index is 13.8. The molecule has 5 aliphatic rings. The molecule has 4 aliphatic heterocycles. The van der Waals surface area contributed by atoms with Crippen molar-refractivity contribution in [2.45, 2.75) is 171 Å². The fourth-order valence-corrected chi connectivity index (χ4v) is 8.41. The minimum Gasteiger partial charge on any atom is -0.457 e. The summed E-state index contributed by atoms with van der Waals surface area (Å²) < 4.78 is 42.5. The summed E-state index contributed by atoms with van der Waals surface area (Å²) in [6.45, 7) is 13.2. The Morgan fingerprint density at radius 2 is 1.57 bits per heavy atom. The molecule has 0 aromatic heterocycles. The van der Waals surface area contributed by atoms with Crippen molar-refractivity contribution in [2.24, 2.45) is 23.7 Å². The van der Waals surface area contributed by atoms with Crippen LogP contribution in [0.5, 0.6) is 0 Å². The van der Waals surface area contributed by atoms with Gasteiger partial charge in [0.2, 0.25) is 6.29 Å². The molecule has 0 unspecified atom stereocenters. The summed E-state index contributed by atoms with van der Waals surface area (Å²) in [5.41, 5.74) is -2.91. The Balaban J connectivity index is 1.36. The van der Waals surface area contributed by atoms with E-state index in [0.717, 1.165) is 12.0 Å². The zero-order valence-corrected chi connectivity index (χ0v) is 34.6. The van der Waals surface area contributed by atoms with E-state index in [1.807, 2.05) is 26.8 Å². The lowest BCUT2D eigenvalue weighted by Gasteiger charge is -2.52. The molecule has 5 rings (SSSR count). The number of halogens is 1. The normalized spacial score (nSPS) is 51.1. The molecule has 16 heteroatoms. The quantitative estimate of drug-likeness (QED) is 0.0596. The van der Waals surface area contributed by atoms with Crippen LogP contribution in [0.1, 0.15) is 74.7 Å². The average Bonchev–Trinajstić information content (AvgIpc) is 3.84. The fourth-order valence-electron chi connectivity index (χ4n) is 8.15. The molecule has 0 spiro atoms. The summed E-state index contributed by atoms with van der Waals surface area (Å²) in [4.78, 5) is 24.8. The lowest BCUT2D eigenvalue weighted by Crippen LogP contribution is -2.68. The van der Waals surface area contributed by atoms with Crippen molar-refractivity contribution in [1.29, 1.82) is 0 Å². The maximum absolute atomic E-state index is 13.8. The Bertz CT molecular complexity index is 1490. The molecule has 56 heavy (non-hydrogen) atoms. The van der Waals surface area contributed by atoms with Gasteiger partial charge in [-0.25, -0.2) is 9.78 Å². The monoisotopic (exact) mass is 816 g/mol. The Morgan fingerprint density at radius 1 is 0.911 bits per heavy atom. The summed E-state index contributed by atoms with van der Waals surface area (Å²) in [6, 6.07) is 0. The van der Waals surface area contributed by atoms with E-state index < -0.39 is 108 Å². The van der Waals surface area contributed by atoms with Crippen LogP contribution in [0.3, 0.4) is 0 Å². The Hall–Kier alpha value is -1.72. The van der Waals surface area contributed by atoms with Crippen LogP contribution in [0.25, 0.3) is 0 Å². The largest absolute Gasteiger partial charge is 0.457 e. The van der Waals surface area contributed by atoms with Crippen molar-refractivity contribution in [1.82, 2.24) is 0 Å². The molecular formula is C40H61ClO15. The molecular weight excluding hydrogens is 756 g/mol. The minimum absolute atomic E-state index is 0.0657. The summed E-state index contributed by atoms with van der Waals surface area (Å²) in [5.74, 6) is 1.63. The van der Waals surface area contributed by atoms with Crippen LogP contribution in [-0.2, 0) is 47.7 Å². The van der Waals surface area contributed by atoms with Crippen LogP contribution in [0.4, 0.5) is 0 Å². The summed E-state index contributed by atoms with van der Waals surface area (Å²) >= 11 is 6.08. The molecule has 1 aliphatic carbocycles. The van der Waals surface area contributed by atoms with Crippen LogP contribution in [0.15, 0.2) is 23.8 Å². The third kappa shape index (κ3) is 9.50. The van der Waals surface area contributed by atoms with Gasteiger partial charge in [0.1, 0.15) is 47.6 Å². The highest BCUT2D eigenvalue weighted by molar-refractivity contribution is 6.22. The third-order valence-corrected chi connectivity index (χ3v) is 12.6. The van der Waals surface area contributed by atoms with Crippen LogP contribution in [0, 0.1) is 35.5 Å². The number of fused-ring (bicyclic) bond motifs is 2. The maximum Gasteiger partial charge on any atom is 0.314 e. The lowest BCUT2D eigenvalue weighted by atomic mass is 9.77. The second-order valence-corrected chi connectivity index (χ2v) is 17.2. The molecule has 3 saturated heterocycles. The first-order chi connectivity index (χ1) is 26.2. The standard InChI is InChI=1S/C40H61ClO15/c1-19-15-26(14-12-11-13-25-17-27(25)41)52-35(44)22(4)40(47)18-29(21(3)30(54-40)20(2)28(16-19)48-9)53-37-34(49-10)39(8,46)33(24(6)51-37)55-56-36-32(43)38(7,45)31(42)23(5)50-36/h12,14,16,20-34,36-37,42-43,45-47H,15,17-18H2,1-10H3/b14-12+,19-16+/t20-,21-,22-,23+,24+,25+,26+,27+,28-,29+,30+,31+,32+,33+,34+,36+,37+,38-,39-,40+/m1/s1. The summed E-state index contributed by atoms with van der Waals surface area (Å²) in [6.07, 6.45) is -6.29. The van der Waals surface area contributed by atoms with Crippen LogP contribution >= 0.6 is 11.6 Å². The number of esters is 1. The van der Waals surface area contributed by atoms with Gasteiger partial charge in [0.05, 0.1) is 30.5 Å². The number of ether oxygens (including phenoxy) is 7. The van der Waals surface area contributed by atoms with Gasteiger partial charge in [-0.3, -0.25) is 4.79 Å². The number of cyclic esters (lactones) is 1. The highest BCUT2D eigenvalue weighted by Crippen LogP contribution is 2.44. The number of methoxy groups -OCH3 is 2. The second-order valence-electron chi connectivity index (χ2n) is 16.7. The van der Waals surface area contributed by atoms with Crippen molar-refractivity contribution in [3.63, 3.8) is 0 Å². The third-order valence-electron chi connectivity index (χ3n) is 12.1. The molecule has 4 heterocycles. The van der Waals surface area contributed by atoms with Crippen LogP contribution in [-0.4, -0.2) is 142 Å². The molecule has 318 valence electrons. The van der Waals surface area contributed by atoms with E-state index >= 15 is 0 Å². The molecule has 0 aromatic rings. The number of carbonyl (C=O) groups excluding carboxylic acids is 1. The van der Waals surface area contributed by atoms with Gasteiger partial charge in [0.15, 0.2) is 12.1 Å². The van der Waals surface area contributed by atoms with Crippen molar-refractivity contribution in [3.8, 4) is 11.8 Å². The number of aliphatic hydroxyl groups excluding tert-OH is 2. The zero-order valence-electron chi connectivity index (χ0n) is 33.9. The van der Waals surface area contributed by atoms with E-state index in [2.05, 4.69) is 11.8 Å². The number of hydrogen-bond acceptors (Lipinski definition) is 15. The summed E-state index contributed by atoms with van der Waals surface area (Å²) in [5, 5.41) is 55.9. The fraction of sp³-hybridized carbons (Fsp3) is 0.825. The van der Waals surface area contributed by atoms with Gasteiger partial charge in [0, 0.05) is 50.2 Å². The number of hydrogen-bond donors (Lipinski definition) is 5. The van der Waals surface area contributed by atoms with Crippen molar-refractivity contribution in [3.05, 3.63) is 23.8 Å². The van der Waals surface area contributed by atoms with Crippen molar-refractivity contribution < 1.29 is 73.3 Å². The average molecular weight is 817 g/mol. The molecule has 0 radical (unpaired) electrons. The lowest BCUT2D eigenvalue weighted by molar-refractivity contribution is -0.478. The van der Waals surface area contributed by atoms with Gasteiger partial charge in [0.25, 0.3) is 0 Å². The number of aliphatic hydroxyl groups is 5. The van der Waals surface area contributed by atoms with Crippen molar-refractivity contribution in [2.75, 3.05) is 14.2 Å². The highest BCUT2D eigenvalue weighted by Gasteiger charge is 2.59. The van der Waals surface area contributed by atoms with E-state index in [9.17, 15) is 30.3 Å². The molecule has 4 fully saturated rings. The number of alkyl halides is 1. The van der Waals surface area contributed by atoms with Gasteiger partial charge < -0.3 is 58.7 Å². The first-order valence-corrected chi connectivity index (χ1v) is 19.8. The predicted octanol–water partition coefficient (Wildman–Crippen LogP) is 2.27. The Kier molecular flexibility index (Phi) is 14.5. The SMILES string of the molecule is CO[C@@H]1/C=C(\C)C[C@H](/C=C/C#C[C@H]2C[C@@H]2Cl)OC(=O)[C@@H](C)[C@]2(O)C[C@H](O[C@@H]3O[C@@H](C)[C@H](OO[C@@H]4O[C@@H](C)[C@H](O)[C@@](C)(O)[C@H]4O)[C@@](C)(O)[C@H]3OC)[C@@H](C)[C@@H](O2)[C@@H]1C. The molecule has 0 aromatic carbocycles. The zero-order chi connectivity index (χ0) is 41.5. The molecule has 0 amide bonds. The van der Waals surface area contributed by atoms with E-state index in [4.69, 9.17) is 54.5 Å². The summed E-state index contributed by atoms with van der Waals surface area (Å²) in [7, 11) is 2.96. The van der Waals surface area contributed by atoms with E-state index in [1.54, 1.807) is 33.1 Å². The van der Waals surface area contributed by atoms with Gasteiger partial charge in [-0.1, -0.05) is 37.3 Å². The molecule has 2 bridgehead atoms. The molecule has 20 atom stereocenters. The van der Waals surface area contributed by atoms with Gasteiger partial charge >= 0.3 is 5.97 Å². The van der Waals surface area contributed by atoms with Gasteiger partial charge in [-0.15, -0.1) is 11.6 Å². The van der Waals surface area contributed by atoms with Gasteiger partial charge in [-0.2, -0.15) is 0 Å². The van der Waals surface area contributed by atoms with E-state index in [-0.39, 0.29) is 23.6 Å². The smallest absolute Gasteiger partial charge is 0.314 e. The Labute approximate surface area is 334 Å². The topological polar surface area (TPSA) is 201 Å². The number of allylic oxidation sites excluding steroid dienone is 1. The molecule has 5 N–H and O–H groups in total. The highest BCUT2D eigenvalue weighted by atomic mass is 35.5. The Morgan fingerprint density at radius 3 is 2.20 bits per heavy atom. The second kappa shape index (κ2) is 17.9. The van der Waals surface area contributed by atoms with Crippen LogP contribution < -0.4 is 0 Å². The number of carbonyl (C=O) groups is 1. The van der Waals surface area contributed by atoms with Crippen molar-refractivity contribution >= 4 is 17.6 Å². The first-order valence-electron chi connectivity index (χ1n) is 19.4. The molecule has 15 nitrogen and oxygen atoms in total. The van der Waals surface area contributed by atoms with E-state index in [1.165, 1.54) is 27.9 Å². The van der Waals surface area contributed by atoms with Crippen LogP contribution in [0.2, 0.25) is 0 Å².